The molecule has 1 fully saturated rings. The van der Waals surface area contributed by atoms with E-state index in [0.29, 0.717) is 32.8 Å². The molecular formula is C12H23NO4. The van der Waals surface area contributed by atoms with Gasteiger partial charge in [-0.25, -0.2) is 0 Å². The Morgan fingerprint density at radius 3 is 2.76 bits per heavy atom. The molecule has 0 aromatic carbocycles. The number of ether oxygens (including phenoxy) is 2. The second kappa shape index (κ2) is 6.93. The zero-order valence-corrected chi connectivity index (χ0v) is 10.5. The molecule has 0 amide bonds. The van der Waals surface area contributed by atoms with Gasteiger partial charge in [-0.05, 0) is 32.1 Å². The van der Waals surface area contributed by atoms with Gasteiger partial charge in [-0.2, -0.15) is 0 Å². The quantitative estimate of drug-likeness (QED) is 0.624. The van der Waals surface area contributed by atoms with Gasteiger partial charge in [0.1, 0.15) is 5.54 Å². The Morgan fingerprint density at radius 1 is 1.41 bits per heavy atom. The van der Waals surface area contributed by atoms with Crippen molar-refractivity contribution in [3.05, 3.63) is 0 Å². The monoisotopic (exact) mass is 245 g/mol. The van der Waals surface area contributed by atoms with E-state index >= 15 is 0 Å². The molecule has 2 atom stereocenters. The van der Waals surface area contributed by atoms with Crippen LogP contribution in [0.2, 0.25) is 0 Å². The zero-order chi connectivity index (χ0) is 12.7. The van der Waals surface area contributed by atoms with Crippen molar-refractivity contribution in [2.75, 3.05) is 26.4 Å². The summed E-state index contributed by atoms with van der Waals surface area (Å²) in [5.41, 5.74) is 4.89. The highest BCUT2D eigenvalue weighted by Gasteiger charge is 2.45. The fourth-order valence-electron chi connectivity index (χ4n) is 2.38. The molecule has 0 aliphatic heterocycles. The van der Waals surface area contributed by atoms with Crippen molar-refractivity contribution in [2.45, 2.75) is 38.1 Å². The van der Waals surface area contributed by atoms with Crippen molar-refractivity contribution < 1.29 is 19.4 Å². The highest BCUT2D eigenvalue weighted by atomic mass is 16.5. The number of rotatable bonds is 8. The normalized spacial score (nSPS) is 28.5. The molecule has 17 heavy (non-hydrogen) atoms. The standard InChI is InChI=1S/C12H23NO4/c1-2-16-8-9-17-7-5-10-4-3-6-12(10,13)11(14)15/h10H,2-9,13H2,1H3,(H,14,15). The highest BCUT2D eigenvalue weighted by Crippen LogP contribution is 2.36. The third-order valence-electron chi connectivity index (χ3n) is 3.46. The lowest BCUT2D eigenvalue weighted by atomic mass is 9.86. The van der Waals surface area contributed by atoms with Gasteiger partial charge >= 0.3 is 5.97 Å². The molecule has 5 nitrogen and oxygen atoms in total. The zero-order valence-electron chi connectivity index (χ0n) is 10.5. The first-order valence-corrected chi connectivity index (χ1v) is 6.29. The Balaban J connectivity index is 2.20. The van der Waals surface area contributed by atoms with Crippen LogP contribution in [0.3, 0.4) is 0 Å². The van der Waals surface area contributed by atoms with Crippen LogP contribution in [0, 0.1) is 5.92 Å². The van der Waals surface area contributed by atoms with Gasteiger partial charge in [0.25, 0.3) is 0 Å². The van der Waals surface area contributed by atoms with Crippen LogP contribution < -0.4 is 5.73 Å². The number of nitrogens with two attached hydrogens (primary N) is 1. The minimum Gasteiger partial charge on any atom is -0.480 e. The summed E-state index contributed by atoms with van der Waals surface area (Å²) in [4.78, 5) is 11.1. The van der Waals surface area contributed by atoms with E-state index in [4.69, 9.17) is 20.3 Å². The fourth-order valence-corrected chi connectivity index (χ4v) is 2.38. The average Bonchev–Trinajstić information content (AvgIpc) is 2.67. The summed E-state index contributed by atoms with van der Waals surface area (Å²) < 4.78 is 10.5. The molecule has 0 bridgehead atoms. The predicted molar refractivity (Wildman–Crippen MR) is 63.8 cm³/mol. The maximum absolute atomic E-state index is 11.1. The average molecular weight is 245 g/mol. The summed E-state index contributed by atoms with van der Waals surface area (Å²) in [7, 11) is 0. The highest BCUT2D eigenvalue weighted by molar-refractivity contribution is 5.79. The summed E-state index contributed by atoms with van der Waals surface area (Å²) in [5.74, 6) is -0.846. The Kier molecular flexibility index (Phi) is 5.88. The Hall–Kier alpha value is -0.650. The molecule has 1 saturated carbocycles. The lowest BCUT2D eigenvalue weighted by Crippen LogP contribution is -2.51. The van der Waals surface area contributed by atoms with E-state index in [1.54, 1.807) is 0 Å². The van der Waals surface area contributed by atoms with E-state index in [2.05, 4.69) is 0 Å². The molecule has 0 heterocycles. The second-order valence-electron chi connectivity index (χ2n) is 4.53. The van der Waals surface area contributed by atoms with Crippen LogP contribution in [0.5, 0.6) is 0 Å². The molecule has 1 rings (SSSR count). The molecule has 1 aliphatic carbocycles. The second-order valence-corrected chi connectivity index (χ2v) is 4.53. The Morgan fingerprint density at radius 2 is 2.12 bits per heavy atom. The molecular weight excluding hydrogens is 222 g/mol. The molecule has 3 N–H and O–H groups in total. The number of aliphatic carboxylic acids is 1. The SMILES string of the molecule is CCOCCOCCC1CCCC1(N)C(=O)O. The third-order valence-corrected chi connectivity index (χ3v) is 3.46. The first kappa shape index (κ1) is 14.4. The molecule has 0 saturated heterocycles. The fraction of sp³-hybridized carbons (Fsp3) is 0.917. The van der Waals surface area contributed by atoms with Gasteiger partial charge < -0.3 is 20.3 Å². The van der Waals surface area contributed by atoms with Crippen LogP contribution in [-0.2, 0) is 14.3 Å². The smallest absolute Gasteiger partial charge is 0.323 e. The van der Waals surface area contributed by atoms with Gasteiger partial charge in [-0.3, -0.25) is 4.79 Å². The van der Waals surface area contributed by atoms with Crippen LogP contribution in [0.4, 0.5) is 0 Å². The molecule has 2 unspecified atom stereocenters. The lowest BCUT2D eigenvalue weighted by Gasteiger charge is -2.26. The molecule has 0 aromatic rings. The van der Waals surface area contributed by atoms with E-state index in [0.717, 1.165) is 19.3 Å². The summed E-state index contributed by atoms with van der Waals surface area (Å²) in [6.07, 6.45) is 3.07. The van der Waals surface area contributed by atoms with Crippen molar-refractivity contribution in [1.29, 1.82) is 0 Å². The molecule has 0 aromatic heterocycles. The van der Waals surface area contributed by atoms with Crippen molar-refractivity contribution in [3.8, 4) is 0 Å². The minimum absolute atomic E-state index is 0.0343. The van der Waals surface area contributed by atoms with Crippen LogP contribution in [0.15, 0.2) is 0 Å². The van der Waals surface area contributed by atoms with Crippen molar-refractivity contribution in [2.24, 2.45) is 11.7 Å². The van der Waals surface area contributed by atoms with E-state index < -0.39 is 11.5 Å². The van der Waals surface area contributed by atoms with Crippen molar-refractivity contribution in [3.63, 3.8) is 0 Å². The van der Waals surface area contributed by atoms with Gasteiger partial charge in [0.05, 0.1) is 13.2 Å². The molecule has 1 aliphatic rings. The summed E-state index contributed by atoms with van der Waals surface area (Å²) in [6.45, 7) is 4.34. The first-order valence-electron chi connectivity index (χ1n) is 6.29. The van der Waals surface area contributed by atoms with E-state index in [1.165, 1.54) is 0 Å². The number of carbonyl (C=O) groups is 1. The lowest BCUT2D eigenvalue weighted by molar-refractivity contribution is -0.145. The Labute approximate surface area is 102 Å². The van der Waals surface area contributed by atoms with Crippen LogP contribution in [0.25, 0.3) is 0 Å². The number of carboxylic acids is 1. The number of hydrogen-bond acceptors (Lipinski definition) is 4. The van der Waals surface area contributed by atoms with E-state index in [9.17, 15) is 4.79 Å². The summed E-state index contributed by atoms with van der Waals surface area (Å²) in [5, 5.41) is 9.13. The molecule has 0 spiro atoms. The van der Waals surface area contributed by atoms with Gasteiger partial charge in [0.2, 0.25) is 0 Å². The van der Waals surface area contributed by atoms with Crippen LogP contribution in [-0.4, -0.2) is 43.0 Å². The predicted octanol–water partition coefficient (Wildman–Crippen LogP) is 1.01. The van der Waals surface area contributed by atoms with Gasteiger partial charge in [-0.1, -0.05) is 6.42 Å². The number of carboxylic acid groups (broad SMARTS) is 1. The topological polar surface area (TPSA) is 81.8 Å². The molecule has 0 radical (unpaired) electrons. The maximum Gasteiger partial charge on any atom is 0.323 e. The van der Waals surface area contributed by atoms with Crippen LogP contribution in [0.1, 0.15) is 32.6 Å². The van der Waals surface area contributed by atoms with Crippen molar-refractivity contribution in [1.82, 2.24) is 0 Å². The van der Waals surface area contributed by atoms with Gasteiger partial charge in [0, 0.05) is 13.2 Å². The summed E-state index contributed by atoms with van der Waals surface area (Å²) >= 11 is 0. The van der Waals surface area contributed by atoms with Gasteiger partial charge in [0.15, 0.2) is 0 Å². The van der Waals surface area contributed by atoms with Crippen molar-refractivity contribution >= 4 is 5.97 Å². The maximum atomic E-state index is 11.1. The van der Waals surface area contributed by atoms with Crippen LogP contribution >= 0.6 is 0 Å². The third kappa shape index (κ3) is 3.94. The summed E-state index contributed by atoms with van der Waals surface area (Å²) in [6, 6.07) is 0. The first-order chi connectivity index (χ1) is 8.11. The Bertz CT molecular complexity index is 247. The molecule has 5 heteroatoms. The molecule has 100 valence electrons. The minimum atomic E-state index is -1.04. The largest absolute Gasteiger partial charge is 0.480 e. The van der Waals surface area contributed by atoms with E-state index in [-0.39, 0.29) is 5.92 Å². The number of hydrogen-bond donors (Lipinski definition) is 2. The van der Waals surface area contributed by atoms with Gasteiger partial charge in [-0.15, -0.1) is 0 Å². The van der Waals surface area contributed by atoms with E-state index in [1.807, 2.05) is 6.92 Å².